The lowest BCUT2D eigenvalue weighted by Gasteiger charge is -2.09. The van der Waals surface area contributed by atoms with Gasteiger partial charge in [0.05, 0.1) is 16.3 Å². The van der Waals surface area contributed by atoms with Gasteiger partial charge in [0.2, 0.25) is 0 Å². The van der Waals surface area contributed by atoms with Gasteiger partial charge in [0.15, 0.2) is 9.84 Å². The molecule has 6 heteroatoms. The SMILES string of the molecule is Nc1ccccc1S(=O)(=O)CCOc1cccc(Br)c1. The molecule has 106 valence electrons. The summed E-state index contributed by atoms with van der Waals surface area (Å²) in [7, 11) is -3.43. The van der Waals surface area contributed by atoms with E-state index in [0.717, 1.165) is 4.47 Å². The number of nitrogens with two attached hydrogens (primary N) is 1. The lowest BCUT2D eigenvalue weighted by atomic mass is 10.3. The number of nitrogen functional groups attached to an aromatic ring is 1. The van der Waals surface area contributed by atoms with Crippen molar-refractivity contribution in [3.63, 3.8) is 0 Å². The summed E-state index contributed by atoms with van der Waals surface area (Å²) in [4.78, 5) is 0.151. The van der Waals surface area contributed by atoms with Crippen molar-refractivity contribution in [2.75, 3.05) is 18.1 Å². The minimum Gasteiger partial charge on any atom is -0.492 e. The molecule has 0 spiro atoms. The molecule has 0 aliphatic heterocycles. The second-order valence-corrected chi connectivity index (χ2v) is 7.16. The molecule has 0 fully saturated rings. The Morgan fingerprint density at radius 2 is 1.85 bits per heavy atom. The van der Waals surface area contributed by atoms with Crippen LogP contribution in [0.4, 0.5) is 5.69 Å². The first-order chi connectivity index (χ1) is 9.49. The molecular weight excluding hydrogens is 342 g/mol. The highest BCUT2D eigenvalue weighted by Gasteiger charge is 2.17. The molecule has 0 saturated carbocycles. The predicted molar refractivity (Wildman–Crippen MR) is 82.5 cm³/mol. The Morgan fingerprint density at radius 1 is 1.10 bits per heavy atom. The van der Waals surface area contributed by atoms with Gasteiger partial charge in [0, 0.05) is 4.47 Å². The van der Waals surface area contributed by atoms with Crippen molar-refractivity contribution in [3.05, 3.63) is 53.0 Å². The van der Waals surface area contributed by atoms with Gasteiger partial charge >= 0.3 is 0 Å². The fraction of sp³-hybridized carbons (Fsp3) is 0.143. The molecule has 0 radical (unpaired) electrons. The molecule has 20 heavy (non-hydrogen) atoms. The summed E-state index contributed by atoms with van der Waals surface area (Å²) >= 11 is 3.33. The number of para-hydroxylation sites is 1. The Hall–Kier alpha value is -1.53. The van der Waals surface area contributed by atoms with Crippen LogP contribution < -0.4 is 10.5 Å². The number of hydrogen-bond acceptors (Lipinski definition) is 4. The third-order valence-corrected chi connectivity index (χ3v) is 4.91. The van der Waals surface area contributed by atoms with Crippen molar-refractivity contribution in [3.8, 4) is 5.75 Å². The zero-order valence-electron chi connectivity index (χ0n) is 10.6. The van der Waals surface area contributed by atoms with E-state index in [1.54, 1.807) is 30.3 Å². The fourth-order valence-electron chi connectivity index (χ4n) is 1.70. The summed E-state index contributed by atoms with van der Waals surface area (Å²) in [5, 5.41) is 0. The van der Waals surface area contributed by atoms with Crippen LogP contribution in [-0.4, -0.2) is 20.8 Å². The minimum atomic E-state index is -3.43. The molecule has 4 nitrogen and oxygen atoms in total. The van der Waals surface area contributed by atoms with Crippen LogP contribution >= 0.6 is 15.9 Å². The summed E-state index contributed by atoms with van der Waals surface area (Å²) in [5.74, 6) is 0.504. The molecule has 2 rings (SSSR count). The van der Waals surface area contributed by atoms with E-state index < -0.39 is 9.84 Å². The molecule has 0 bridgehead atoms. The quantitative estimate of drug-likeness (QED) is 0.837. The maximum absolute atomic E-state index is 12.1. The van der Waals surface area contributed by atoms with Crippen molar-refractivity contribution in [2.24, 2.45) is 0 Å². The standard InChI is InChI=1S/C14H14BrNO3S/c15-11-4-3-5-12(10-11)19-8-9-20(17,18)14-7-2-1-6-13(14)16/h1-7,10H,8-9,16H2. The van der Waals surface area contributed by atoms with Gasteiger partial charge in [0.1, 0.15) is 12.4 Å². The molecule has 0 heterocycles. The van der Waals surface area contributed by atoms with Crippen LogP contribution in [0.15, 0.2) is 57.9 Å². The van der Waals surface area contributed by atoms with E-state index >= 15 is 0 Å². The van der Waals surface area contributed by atoms with E-state index in [1.807, 2.05) is 12.1 Å². The number of ether oxygens (including phenoxy) is 1. The van der Waals surface area contributed by atoms with Gasteiger partial charge in [-0.25, -0.2) is 8.42 Å². The van der Waals surface area contributed by atoms with Gasteiger partial charge < -0.3 is 10.5 Å². The van der Waals surface area contributed by atoms with Gasteiger partial charge in [-0.15, -0.1) is 0 Å². The Bertz CT molecular complexity index is 701. The predicted octanol–water partition coefficient (Wildman–Crippen LogP) is 2.88. The van der Waals surface area contributed by atoms with Crippen LogP contribution in [0.25, 0.3) is 0 Å². The number of hydrogen-bond donors (Lipinski definition) is 1. The highest BCUT2D eigenvalue weighted by atomic mass is 79.9. The first-order valence-electron chi connectivity index (χ1n) is 5.95. The van der Waals surface area contributed by atoms with E-state index in [9.17, 15) is 8.42 Å². The van der Waals surface area contributed by atoms with Crippen molar-refractivity contribution >= 4 is 31.5 Å². The van der Waals surface area contributed by atoms with Crippen LogP contribution in [0.5, 0.6) is 5.75 Å². The molecule has 2 N–H and O–H groups in total. The monoisotopic (exact) mass is 355 g/mol. The molecule has 0 aliphatic rings. The maximum Gasteiger partial charge on any atom is 0.183 e. The molecule has 0 atom stereocenters. The average Bonchev–Trinajstić information content (AvgIpc) is 2.39. The average molecular weight is 356 g/mol. The summed E-state index contributed by atoms with van der Waals surface area (Å²) in [6.45, 7) is 0.0765. The number of rotatable bonds is 5. The molecule has 0 saturated heterocycles. The Balaban J connectivity index is 2.02. The van der Waals surface area contributed by atoms with E-state index in [-0.39, 0.29) is 22.9 Å². The largest absolute Gasteiger partial charge is 0.492 e. The Labute approximate surface area is 126 Å². The summed E-state index contributed by atoms with van der Waals surface area (Å²) in [5.41, 5.74) is 5.94. The first-order valence-corrected chi connectivity index (χ1v) is 8.39. The third-order valence-electron chi connectivity index (χ3n) is 2.67. The number of sulfone groups is 1. The van der Waals surface area contributed by atoms with Crippen LogP contribution in [0, 0.1) is 0 Å². The smallest absolute Gasteiger partial charge is 0.183 e. The Morgan fingerprint density at radius 3 is 2.55 bits per heavy atom. The van der Waals surface area contributed by atoms with E-state index in [4.69, 9.17) is 10.5 Å². The van der Waals surface area contributed by atoms with Crippen molar-refractivity contribution in [1.82, 2.24) is 0 Å². The zero-order valence-corrected chi connectivity index (χ0v) is 13.0. The van der Waals surface area contributed by atoms with Crippen LogP contribution in [-0.2, 0) is 9.84 Å². The van der Waals surface area contributed by atoms with Crippen molar-refractivity contribution in [2.45, 2.75) is 4.90 Å². The number of halogens is 1. The minimum absolute atomic E-state index is 0.0765. The van der Waals surface area contributed by atoms with Crippen LogP contribution in [0.3, 0.4) is 0 Å². The van der Waals surface area contributed by atoms with Crippen LogP contribution in [0.1, 0.15) is 0 Å². The second kappa shape index (κ2) is 6.28. The van der Waals surface area contributed by atoms with E-state index in [1.165, 1.54) is 6.07 Å². The first kappa shape index (κ1) is 14.9. The normalized spacial score (nSPS) is 11.2. The topological polar surface area (TPSA) is 69.4 Å². The van der Waals surface area contributed by atoms with Gasteiger partial charge in [0.25, 0.3) is 0 Å². The second-order valence-electron chi connectivity index (χ2n) is 4.16. The highest BCUT2D eigenvalue weighted by Crippen LogP contribution is 2.20. The van der Waals surface area contributed by atoms with E-state index in [0.29, 0.717) is 5.75 Å². The molecule has 0 amide bonds. The van der Waals surface area contributed by atoms with Crippen molar-refractivity contribution < 1.29 is 13.2 Å². The zero-order chi connectivity index (χ0) is 14.6. The number of anilines is 1. The van der Waals surface area contributed by atoms with Gasteiger partial charge in [-0.1, -0.05) is 34.1 Å². The third kappa shape index (κ3) is 3.74. The Kier molecular flexibility index (Phi) is 4.67. The maximum atomic E-state index is 12.1. The van der Waals surface area contributed by atoms with Crippen LogP contribution in [0.2, 0.25) is 0 Å². The highest BCUT2D eigenvalue weighted by molar-refractivity contribution is 9.10. The number of benzene rings is 2. The fourth-order valence-corrected chi connectivity index (χ4v) is 3.31. The summed E-state index contributed by atoms with van der Waals surface area (Å²) < 4.78 is 30.6. The van der Waals surface area contributed by atoms with E-state index in [2.05, 4.69) is 15.9 Å². The van der Waals surface area contributed by atoms with Gasteiger partial charge in [-0.2, -0.15) is 0 Å². The lowest BCUT2D eigenvalue weighted by molar-refractivity contribution is 0.340. The summed E-state index contributed by atoms with van der Waals surface area (Å²) in [6.07, 6.45) is 0. The summed E-state index contributed by atoms with van der Waals surface area (Å²) in [6, 6.07) is 13.7. The van der Waals surface area contributed by atoms with Gasteiger partial charge in [-0.05, 0) is 30.3 Å². The van der Waals surface area contributed by atoms with Gasteiger partial charge in [-0.3, -0.25) is 0 Å². The molecule has 2 aromatic carbocycles. The molecule has 0 aliphatic carbocycles. The molecule has 2 aromatic rings. The molecule has 0 aromatic heterocycles. The van der Waals surface area contributed by atoms with Crippen molar-refractivity contribution in [1.29, 1.82) is 0 Å². The molecule has 0 unspecified atom stereocenters. The lowest BCUT2D eigenvalue weighted by Crippen LogP contribution is -2.15. The molecular formula is C14H14BrNO3S.